The average molecular weight is 328 g/mol. The molecular weight excluding hydrogens is 304 g/mol. The van der Waals surface area contributed by atoms with E-state index in [9.17, 15) is 29.4 Å². The van der Waals surface area contributed by atoms with E-state index in [1.54, 1.807) is 0 Å². The van der Waals surface area contributed by atoms with Crippen molar-refractivity contribution in [1.82, 2.24) is 10.6 Å². The first-order valence-corrected chi connectivity index (χ1v) is 7.69. The van der Waals surface area contributed by atoms with Gasteiger partial charge >= 0.3 is 11.9 Å². The summed E-state index contributed by atoms with van der Waals surface area (Å²) in [5.74, 6) is -8.37. The predicted molar refractivity (Wildman–Crippen MR) is 80.4 cm³/mol. The minimum absolute atomic E-state index is 0.159. The van der Waals surface area contributed by atoms with Crippen molar-refractivity contribution in [3.8, 4) is 0 Å². The number of carboxylic acids is 2. The fourth-order valence-corrected chi connectivity index (χ4v) is 2.99. The maximum atomic E-state index is 12.4. The van der Waals surface area contributed by atoms with E-state index in [0.29, 0.717) is 6.54 Å². The largest absolute Gasteiger partial charge is 0.481 e. The summed E-state index contributed by atoms with van der Waals surface area (Å²) < 4.78 is 0. The van der Waals surface area contributed by atoms with E-state index in [1.165, 1.54) is 7.05 Å². The van der Waals surface area contributed by atoms with Gasteiger partial charge in [-0.1, -0.05) is 20.3 Å². The fourth-order valence-electron chi connectivity index (χ4n) is 2.99. The molecule has 5 atom stereocenters. The van der Waals surface area contributed by atoms with Crippen LogP contribution in [0.1, 0.15) is 26.7 Å². The van der Waals surface area contributed by atoms with Crippen molar-refractivity contribution in [2.24, 2.45) is 29.6 Å². The summed E-state index contributed by atoms with van der Waals surface area (Å²) in [5, 5.41) is 23.7. The van der Waals surface area contributed by atoms with Crippen LogP contribution in [-0.2, 0) is 19.2 Å². The van der Waals surface area contributed by atoms with Gasteiger partial charge in [0, 0.05) is 13.6 Å². The number of rotatable bonds is 7. The summed E-state index contributed by atoms with van der Waals surface area (Å²) in [6.45, 7) is 4.22. The Hall–Kier alpha value is -2.12. The molecule has 0 aromatic rings. The molecule has 1 fully saturated rings. The van der Waals surface area contributed by atoms with Crippen LogP contribution in [0.25, 0.3) is 0 Å². The van der Waals surface area contributed by atoms with Crippen molar-refractivity contribution in [3.63, 3.8) is 0 Å². The van der Waals surface area contributed by atoms with Crippen molar-refractivity contribution in [2.75, 3.05) is 13.6 Å². The van der Waals surface area contributed by atoms with Gasteiger partial charge in [-0.3, -0.25) is 19.2 Å². The highest BCUT2D eigenvalue weighted by Gasteiger charge is 2.55. The molecule has 23 heavy (non-hydrogen) atoms. The molecule has 8 nitrogen and oxygen atoms in total. The predicted octanol–water partition coefficient (Wildman–Crippen LogP) is -0.0676. The molecule has 4 N–H and O–H groups in total. The summed E-state index contributed by atoms with van der Waals surface area (Å²) in [7, 11) is 1.35. The molecule has 0 saturated heterocycles. The molecule has 0 aliphatic heterocycles. The van der Waals surface area contributed by atoms with Crippen LogP contribution in [-0.4, -0.2) is 47.6 Å². The van der Waals surface area contributed by atoms with Crippen LogP contribution in [0.4, 0.5) is 0 Å². The Morgan fingerprint density at radius 1 is 1.04 bits per heavy atom. The van der Waals surface area contributed by atoms with Gasteiger partial charge in [0.2, 0.25) is 11.8 Å². The quantitative estimate of drug-likeness (QED) is 0.517. The molecule has 0 spiro atoms. The summed E-state index contributed by atoms with van der Waals surface area (Å²) in [4.78, 5) is 47.2. The maximum absolute atomic E-state index is 12.4. The Morgan fingerprint density at radius 3 is 2.09 bits per heavy atom. The number of carbonyl (C=O) groups excluding carboxylic acids is 2. The Labute approximate surface area is 134 Å². The Bertz CT molecular complexity index is 492. The van der Waals surface area contributed by atoms with Crippen LogP contribution in [0, 0.1) is 29.6 Å². The zero-order valence-electron chi connectivity index (χ0n) is 13.5. The molecule has 2 amide bonds. The van der Waals surface area contributed by atoms with Gasteiger partial charge in [-0.2, -0.15) is 0 Å². The van der Waals surface area contributed by atoms with E-state index in [2.05, 4.69) is 10.6 Å². The van der Waals surface area contributed by atoms with Crippen LogP contribution in [0.5, 0.6) is 0 Å². The first kappa shape index (κ1) is 18.9. The second kappa shape index (κ2) is 7.94. The number of aliphatic carboxylic acids is 2. The molecule has 1 rings (SSSR count). The highest BCUT2D eigenvalue weighted by molar-refractivity contribution is 5.94. The third-order valence-corrected chi connectivity index (χ3v) is 4.57. The number of carboxylic acid groups (broad SMARTS) is 2. The molecule has 0 heterocycles. The third kappa shape index (κ3) is 4.20. The van der Waals surface area contributed by atoms with Crippen molar-refractivity contribution in [3.05, 3.63) is 0 Å². The second-order valence-corrected chi connectivity index (χ2v) is 6.05. The zero-order valence-corrected chi connectivity index (χ0v) is 13.5. The monoisotopic (exact) mass is 328 g/mol. The van der Waals surface area contributed by atoms with Crippen molar-refractivity contribution in [1.29, 1.82) is 0 Å². The van der Waals surface area contributed by atoms with Gasteiger partial charge in [0.25, 0.3) is 0 Å². The van der Waals surface area contributed by atoms with E-state index >= 15 is 0 Å². The molecule has 1 aliphatic carbocycles. The molecule has 5 unspecified atom stereocenters. The molecule has 0 radical (unpaired) electrons. The van der Waals surface area contributed by atoms with E-state index < -0.39 is 47.4 Å². The van der Waals surface area contributed by atoms with Gasteiger partial charge in [-0.05, 0) is 12.3 Å². The van der Waals surface area contributed by atoms with E-state index in [4.69, 9.17) is 0 Å². The van der Waals surface area contributed by atoms with E-state index in [1.807, 2.05) is 13.8 Å². The SMILES string of the molecule is CCC(C)CNC(=O)C1C(C(=O)O)CC(C(=O)NC)C1C(=O)O. The molecule has 0 bridgehead atoms. The fraction of sp³-hybridized carbons (Fsp3) is 0.733. The number of hydrogen-bond acceptors (Lipinski definition) is 4. The smallest absolute Gasteiger partial charge is 0.308 e. The normalized spacial score (nSPS) is 28.0. The van der Waals surface area contributed by atoms with Crippen molar-refractivity contribution >= 4 is 23.8 Å². The Morgan fingerprint density at radius 2 is 1.65 bits per heavy atom. The maximum Gasteiger partial charge on any atom is 0.308 e. The summed E-state index contributed by atoms with van der Waals surface area (Å²) in [6, 6.07) is 0. The van der Waals surface area contributed by atoms with Gasteiger partial charge in [-0.15, -0.1) is 0 Å². The Kier molecular flexibility index (Phi) is 6.53. The number of nitrogens with one attached hydrogen (secondary N) is 2. The summed E-state index contributed by atoms with van der Waals surface area (Å²) >= 11 is 0. The lowest BCUT2D eigenvalue weighted by Gasteiger charge is -2.22. The van der Waals surface area contributed by atoms with Crippen LogP contribution in [0.15, 0.2) is 0 Å². The lowest BCUT2D eigenvalue weighted by atomic mass is 9.85. The van der Waals surface area contributed by atoms with Gasteiger partial charge in [-0.25, -0.2) is 0 Å². The highest BCUT2D eigenvalue weighted by Crippen LogP contribution is 2.42. The minimum atomic E-state index is -1.34. The number of carbonyl (C=O) groups is 4. The molecule has 130 valence electrons. The molecule has 0 aromatic carbocycles. The van der Waals surface area contributed by atoms with Crippen molar-refractivity contribution in [2.45, 2.75) is 26.7 Å². The first-order chi connectivity index (χ1) is 10.7. The molecule has 8 heteroatoms. The molecule has 1 saturated carbocycles. The molecular formula is C15H24N2O6. The minimum Gasteiger partial charge on any atom is -0.481 e. The van der Waals surface area contributed by atoms with Crippen LogP contribution in [0.3, 0.4) is 0 Å². The topological polar surface area (TPSA) is 133 Å². The number of hydrogen-bond donors (Lipinski definition) is 4. The van der Waals surface area contributed by atoms with E-state index in [-0.39, 0.29) is 12.3 Å². The third-order valence-electron chi connectivity index (χ3n) is 4.57. The van der Waals surface area contributed by atoms with Crippen LogP contribution >= 0.6 is 0 Å². The number of amides is 2. The zero-order chi connectivity index (χ0) is 17.7. The van der Waals surface area contributed by atoms with Gasteiger partial charge in [0.05, 0.1) is 23.7 Å². The lowest BCUT2D eigenvalue weighted by Crippen LogP contribution is -2.43. The summed E-state index contributed by atoms with van der Waals surface area (Å²) in [6.07, 6.45) is 0.671. The standard InChI is InChI=1S/C15H24N2O6/c1-4-7(2)6-17-13(19)10-9(14(20)21)5-8(12(18)16-3)11(10)15(22)23/h7-11H,4-6H2,1-3H3,(H,16,18)(H,17,19)(H,20,21)(H,22,23). The van der Waals surface area contributed by atoms with E-state index in [0.717, 1.165) is 6.42 Å². The second-order valence-electron chi connectivity index (χ2n) is 6.05. The van der Waals surface area contributed by atoms with Gasteiger partial charge < -0.3 is 20.8 Å². The lowest BCUT2D eigenvalue weighted by molar-refractivity contribution is -0.153. The van der Waals surface area contributed by atoms with Gasteiger partial charge in [0.15, 0.2) is 0 Å². The van der Waals surface area contributed by atoms with Crippen LogP contribution < -0.4 is 10.6 Å². The molecule has 1 aliphatic rings. The van der Waals surface area contributed by atoms with Crippen LogP contribution in [0.2, 0.25) is 0 Å². The average Bonchev–Trinajstić information content (AvgIpc) is 2.92. The Balaban J connectivity index is 3.05. The van der Waals surface area contributed by atoms with Crippen molar-refractivity contribution < 1.29 is 29.4 Å². The van der Waals surface area contributed by atoms with Gasteiger partial charge in [0.1, 0.15) is 0 Å². The molecule has 0 aromatic heterocycles. The first-order valence-electron chi connectivity index (χ1n) is 7.69. The highest BCUT2D eigenvalue weighted by atomic mass is 16.4. The summed E-state index contributed by atoms with van der Waals surface area (Å²) in [5.41, 5.74) is 0.